The van der Waals surface area contributed by atoms with Crippen LogP contribution in [-0.2, 0) is 18.3 Å². The summed E-state index contributed by atoms with van der Waals surface area (Å²) in [6.07, 6.45) is 4.12. The van der Waals surface area contributed by atoms with Crippen molar-refractivity contribution in [2.24, 2.45) is 7.05 Å². The van der Waals surface area contributed by atoms with Crippen LogP contribution in [0.15, 0.2) is 16.8 Å². The van der Waals surface area contributed by atoms with Gasteiger partial charge in [-0.2, -0.15) is 10.1 Å². The lowest BCUT2D eigenvalue weighted by atomic mass is 9.95. The summed E-state index contributed by atoms with van der Waals surface area (Å²) in [6.45, 7) is 7.30. The van der Waals surface area contributed by atoms with E-state index >= 15 is 0 Å². The summed E-state index contributed by atoms with van der Waals surface area (Å²) >= 11 is 0. The lowest BCUT2D eigenvalue weighted by Gasteiger charge is -2.31. The van der Waals surface area contributed by atoms with Crippen molar-refractivity contribution in [1.82, 2.24) is 24.8 Å². The van der Waals surface area contributed by atoms with Crippen molar-refractivity contribution in [1.29, 1.82) is 0 Å². The van der Waals surface area contributed by atoms with E-state index in [-0.39, 0.29) is 6.10 Å². The number of likely N-dealkylation sites (tertiary alicyclic amines) is 1. The molecule has 7 heteroatoms. The lowest BCUT2D eigenvalue weighted by molar-refractivity contribution is 0.0683. The lowest BCUT2D eigenvalue weighted by Crippen LogP contribution is -2.34. The maximum Gasteiger partial charge on any atom is 0.240 e. The molecule has 1 fully saturated rings. The molecule has 0 saturated carbocycles. The highest BCUT2D eigenvalue weighted by atomic mass is 16.5. The van der Waals surface area contributed by atoms with E-state index in [2.05, 4.69) is 26.2 Å². The third kappa shape index (κ3) is 3.79. The number of rotatable bonds is 6. The van der Waals surface area contributed by atoms with Crippen molar-refractivity contribution in [2.45, 2.75) is 45.3 Å². The summed E-state index contributed by atoms with van der Waals surface area (Å²) in [5, 5.41) is 8.32. The minimum absolute atomic E-state index is 0.124. The number of hydrogen-bond donors (Lipinski definition) is 0. The van der Waals surface area contributed by atoms with Crippen LogP contribution in [-0.4, -0.2) is 44.5 Å². The van der Waals surface area contributed by atoms with Gasteiger partial charge in [0.05, 0.1) is 6.54 Å². The normalized spacial score (nSPS) is 20.7. The topological polar surface area (TPSA) is 69.2 Å². The molecule has 0 bridgehead atoms. The molecular formula is C16H25N5O2. The molecule has 126 valence electrons. The molecule has 0 aromatic carbocycles. The smallest absolute Gasteiger partial charge is 0.240 e. The second kappa shape index (κ2) is 7.23. The van der Waals surface area contributed by atoms with Crippen molar-refractivity contribution in [3.8, 4) is 0 Å². The Labute approximate surface area is 136 Å². The number of aromatic nitrogens is 4. The first-order valence-electron chi connectivity index (χ1n) is 8.31. The Hall–Kier alpha value is -1.73. The fourth-order valence-electron chi connectivity index (χ4n) is 3.24. The predicted octanol–water partition coefficient (Wildman–Crippen LogP) is 2.28. The van der Waals surface area contributed by atoms with Crippen LogP contribution in [0.5, 0.6) is 0 Å². The number of ether oxygens (including phenoxy) is 1. The number of nitrogens with zero attached hydrogens (tertiary/aromatic N) is 5. The zero-order chi connectivity index (χ0) is 16.2. The van der Waals surface area contributed by atoms with Crippen LogP contribution in [0.3, 0.4) is 0 Å². The molecule has 1 saturated heterocycles. The van der Waals surface area contributed by atoms with E-state index in [1.54, 1.807) is 0 Å². The highest BCUT2D eigenvalue weighted by molar-refractivity contribution is 5.09. The first kappa shape index (κ1) is 16.1. The Morgan fingerprint density at radius 2 is 2.35 bits per heavy atom. The summed E-state index contributed by atoms with van der Waals surface area (Å²) in [5.74, 6) is 1.81. The third-order valence-electron chi connectivity index (χ3n) is 4.41. The highest BCUT2D eigenvalue weighted by Gasteiger charge is 2.25. The van der Waals surface area contributed by atoms with E-state index in [9.17, 15) is 0 Å². The van der Waals surface area contributed by atoms with E-state index in [4.69, 9.17) is 9.26 Å². The molecule has 0 aliphatic carbocycles. The van der Waals surface area contributed by atoms with Crippen LogP contribution in [0.25, 0.3) is 0 Å². The van der Waals surface area contributed by atoms with Gasteiger partial charge in [0, 0.05) is 38.0 Å². The molecule has 0 spiro atoms. The maximum absolute atomic E-state index is 5.50. The van der Waals surface area contributed by atoms with Gasteiger partial charge in [0.2, 0.25) is 5.89 Å². The van der Waals surface area contributed by atoms with Crippen LogP contribution in [0.2, 0.25) is 0 Å². The fourth-order valence-corrected chi connectivity index (χ4v) is 3.24. The van der Waals surface area contributed by atoms with Crippen LogP contribution in [0, 0.1) is 0 Å². The van der Waals surface area contributed by atoms with Crippen LogP contribution >= 0.6 is 0 Å². The van der Waals surface area contributed by atoms with Gasteiger partial charge in [-0.15, -0.1) is 0 Å². The third-order valence-corrected chi connectivity index (χ3v) is 4.41. The predicted molar refractivity (Wildman–Crippen MR) is 84.8 cm³/mol. The van der Waals surface area contributed by atoms with E-state index in [0.717, 1.165) is 13.1 Å². The molecule has 3 heterocycles. The second-order valence-corrected chi connectivity index (χ2v) is 6.10. The average molecular weight is 319 g/mol. The Kier molecular flexibility index (Phi) is 5.07. The average Bonchev–Trinajstić information content (AvgIpc) is 3.17. The Morgan fingerprint density at radius 1 is 1.48 bits per heavy atom. The first-order chi connectivity index (χ1) is 11.2. The summed E-state index contributed by atoms with van der Waals surface area (Å²) in [7, 11) is 2.01. The van der Waals surface area contributed by atoms with Crippen molar-refractivity contribution in [2.75, 3.05) is 19.7 Å². The Balaban J connectivity index is 1.61. The standard InChI is InChI=1S/C16H25N5O2/c1-4-22-12(2)16-18-15(23-19-16)11-21-9-5-6-13(10-21)14-7-8-17-20(14)3/h7-8,12-13H,4-6,9-11H2,1-3H3/t12-,13-/m0/s1. The molecule has 2 atom stereocenters. The number of hydrogen-bond acceptors (Lipinski definition) is 6. The minimum Gasteiger partial charge on any atom is -0.371 e. The molecule has 0 radical (unpaired) electrons. The summed E-state index contributed by atoms with van der Waals surface area (Å²) < 4.78 is 12.9. The molecule has 3 rings (SSSR count). The van der Waals surface area contributed by atoms with Gasteiger partial charge in [-0.3, -0.25) is 9.58 Å². The van der Waals surface area contributed by atoms with Gasteiger partial charge >= 0.3 is 0 Å². The van der Waals surface area contributed by atoms with E-state index in [1.165, 1.54) is 18.5 Å². The Bertz CT molecular complexity index is 624. The van der Waals surface area contributed by atoms with E-state index < -0.39 is 0 Å². The van der Waals surface area contributed by atoms with Gasteiger partial charge in [-0.25, -0.2) is 0 Å². The van der Waals surface area contributed by atoms with Crippen molar-refractivity contribution >= 4 is 0 Å². The second-order valence-electron chi connectivity index (χ2n) is 6.10. The molecule has 2 aromatic heterocycles. The summed E-state index contributed by atoms with van der Waals surface area (Å²) in [4.78, 5) is 6.84. The minimum atomic E-state index is -0.124. The van der Waals surface area contributed by atoms with Crippen LogP contribution in [0.4, 0.5) is 0 Å². The van der Waals surface area contributed by atoms with E-state index in [1.807, 2.05) is 31.8 Å². The van der Waals surface area contributed by atoms with Gasteiger partial charge in [0.25, 0.3) is 0 Å². The molecule has 1 aliphatic rings. The number of aryl methyl sites for hydroxylation is 1. The van der Waals surface area contributed by atoms with Crippen LogP contribution < -0.4 is 0 Å². The van der Waals surface area contributed by atoms with Crippen molar-refractivity contribution in [3.05, 3.63) is 29.7 Å². The maximum atomic E-state index is 5.50. The summed E-state index contributed by atoms with van der Waals surface area (Å²) in [5.41, 5.74) is 1.30. The zero-order valence-electron chi connectivity index (χ0n) is 14.1. The molecule has 23 heavy (non-hydrogen) atoms. The summed E-state index contributed by atoms with van der Waals surface area (Å²) in [6, 6.07) is 2.11. The Morgan fingerprint density at radius 3 is 3.09 bits per heavy atom. The number of piperidine rings is 1. The molecule has 1 aliphatic heterocycles. The largest absolute Gasteiger partial charge is 0.371 e. The zero-order valence-corrected chi connectivity index (χ0v) is 14.1. The monoisotopic (exact) mass is 319 g/mol. The first-order valence-corrected chi connectivity index (χ1v) is 8.31. The van der Waals surface area contributed by atoms with Gasteiger partial charge in [-0.1, -0.05) is 5.16 Å². The van der Waals surface area contributed by atoms with Crippen LogP contribution in [0.1, 0.15) is 56.1 Å². The molecule has 0 unspecified atom stereocenters. The molecule has 2 aromatic rings. The molecule has 7 nitrogen and oxygen atoms in total. The fraction of sp³-hybridized carbons (Fsp3) is 0.688. The van der Waals surface area contributed by atoms with Gasteiger partial charge in [-0.05, 0) is 39.3 Å². The van der Waals surface area contributed by atoms with E-state index in [0.29, 0.717) is 30.8 Å². The quantitative estimate of drug-likeness (QED) is 0.813. The SMILES string of the molecule is CCO[C@@H](C)c1noc(CN2CCC[C@H](c3ccnn3C)C2)n1. The highest BCUT2D eigenvalue weighted by Crippen LogP contribution is 2.27. The van der Waals surface area contributed by atoms with Gasteiger partial charge in [0.1, 0.15) is 6.10 Å². The van der Waals surface area contributed by atoms with Crippen molar-refractivity contribution < 1.29 is 9.26 Å². The molecular weight excluding hydrogens is 294 g/mol. The van der Waals surface area contributed by atoms with Gasteiger partial charge in [0.15, 0.2) is 5.82 Å². The van der Waals surface area contributed by atoms with Gasteiger partial charge < -0.3 is 9.26 Å². The molecule has 0 N–H and O–H groups in total. The van der Waals surface area contributed by atoms with Crippen molar-refractivity contribution in [3.63, 3.8) is 0 Å². The molecule has 0 amide bonds.